The van der Waals surface area contributed by atoms with E-state index in [1.165, 1.54) is 11.3 Å². The Labute approximate surface area is 153 Å². The van der Waals surface area contributed by atoms with E-state index in [9.17, 15) is 4.79 Å². The Kier molecular flexibility index (Phi) is 8.74. The van der Waals surface area contributed by atoms with Gasteiger partial charge in [-0.2, -0.15) is 0 Å². The summed E-state index contributed by atoms with van der Waals surface area (Å²) in [5, 5.41) is 8.89. The third-order valence-corrected chi connectivity index (χ3v) is 5.01. The van der Waals surface area contributed by atoms with Crippen LogP contribution in [0.1, 0.15) is 12.6 Å². The molecule has 1 amide bonds. The van der Waals surface area contributed by atoms with Crippen molar-refractivity contribution in [1.82, 2.24) is 15.2 Å². The van der Waals surface area contributed by atoms with E-state index in [4.69, 9.17) is 4.74 Å². The number of morpholine rings is 1. The maximum absolute atomic E-state index is 12.1. The average molecular weight is 383 g/mol. The number of carbonyl (C=O) groups is 1. The van der Waals surface area contributed by atoms with E-state index in [0.29, 0.717) is 11.0 Å². The molecular weight excluding hydrogens is 359 g/mol. The lowest BCUT2D eigenvalue weighted by atomic mass is 9.88. The van der Waals surface area contributed by atoms with Crippen molar-refractivity contribution in [2.24, 2.45) is 11.8 Å². The van der Waals surface area contributed by atoms with Crippen molar-refractivity contribution in [3.05, 3.63) is 11.1 Å². The molecule has 2 N–H and O–H groups in total. The number of anilines is 1. The number of thiazole rings is 1. The smallest absolute Gasteiger partial charge is 0.229 e. The second-order valence-corrected chi connectivity index (χ2v) is 6.59. The molecule has 2 saturated heterocycles. The number of amides is 1. The number of nitrogens with zero attached hydrogens (tertiary/aromatic N) is 2. The summed E-state index contributed by atoms with van der Waals surface area (Å²) >= 11 is 1.50. The second kappa shape index (κ2) is 9.76. The number of nitrogens with one attached hydrogen (secondary N) is 2. The van der Waals surface area contributed by atoms with Crippen LogP contribution in [0.5, 0.6) is 0 Å². The number of rotatable bonds is 5. The van der Waals surface area contributed by atoms with Crippen molar-refractivity contribution in [3.8, 4) is 0 Å². The standard InChI is InChI=1S/C14H22N4O2S.2ClH/c1-10(11-6-15-7-11)13(19)17-14-16-12(9-21-14)8-18-2-4-20-5-3-18;;/h9-11,15H,2-8H2,1H3,(H,16,17,19);2*1H. The third kappa shape index (κ3) is 5.55. The SMILES string of the molecule is CC(C(=O)Nc1nc(CN2CCOCC2)cs1)C1CNC1.Cl.Cl. The predicted molar refractivity (Wildman–Crippen MR) is 96.9 cm³/mol. The van der Waals surface area contributed by atoms with E-state index in [-0.39, 0.29) is 36.6 Å². The van der Waals surface area contributed by atoms with Gasteiger partial charge in [-0.15, -0.1) is 36.2 Å². The van der Waals surface area contributed by atoms with Gasteiger partial charge in [-0.3, -0.25) is 9.69 Å². The summed E-state index contributed by atoms with van der Waals surface area (Å²) in [5.74, 6) is 0.574. The van der Waals surface area contributed by atoms with Gasteiger partial charge in [0.1, 0.15) is 0 Å². The van der Waals surface area contributed by atoms with Gasteiger partial charge in [0.05, 0.1) is 18.9 Å². The number of hydrogen-bond acceptors (Lipinski definition) is 6. The first-order valence-corrected chi connectivity index (χ1v) is 8.36. The van der Waals surface area contributed by atoms with E-state index >= 15 is 0 Å². The maximum atomic E-state index is 12.1. The highest BCUT2D eigenvalue weighted by molar-refractivity contribution is 7.13. The van der Waals surface area contributed by atoms with E-state index < -0.39 is 0 Å². The zero-order valence-electron chi connectivity index (χ0n) is 13.1. The van der Waals surface area contributed by atoms with Crippen LogP contribution < -0.4 is 10.6 Å². The first-order valence-electron chi connectivity index (χ1n) is 7.48. The lowest BCUT2D eigenvalue weighted by Crippen LogP contribution is -2.48. The van der Waals surface area contributed by atoms with E-state index in [1.807, 2.05) is 12.3 Å². The molecule has 3 heterocycles. The zero-order valence-corrected chi connectivity index (χ0v) is 15.6. The van der Waals surface area contributed by atoms with Crippen LogP contribution >= 0.6 is 36.2 Å². The third-order valence-electron chi connectivity index (χ3n) is 4.20. The van der Waals surface area contributed by atoms with Crippen molar-refractivity contribution >= 4 is 47.2 Å². The fourth-order valence-corrected chi connectivity index (χ4v) is 3.23. The Morgan fingerprint density at radius 2 is 2.17 bits per heavy atom. The number of carbonyl (C=O) groups excluding carboxylic acids is 1. The number of hydrogen-bond donors (Lipinski definition) is 2. The first kappa shape index (κ1) is 20.6. The normalized spacial score (nSPS) is 19.9. The Morgan fingerprint density at radius 1 is 1.48 bits per heavy atom. The molecule has 3 rings (SSSR count). The molecule has 6 nitrogen and oxygen atoms in total. The number of aromatic nitrogens is 1. The highest BCUT2D eigenvalue weighted by Crippen LogP contribution is 2.21. The fourth-order valence-electron chi connectivity index (χ4n) is 2.52. The summed E-state index contributed by atoms with van der Waals surface area (Å²) in [5.41, 5.74) is 1.02. The molecule has 1 unspecified atom stereocenters. The van der Waals surface area contributed by atoms with Crippen LogP contribution in [0.25, 0.3) is 0 Å². The average Bonchev–Trinajstić information content (AvgIpc) is 2.85. The van der Waals surface area contributed by atoms with Crippen LogP contribution in [0, 0.1) is 11.8 Å². The van der Waals surface area contributed by atoms with Gasteiger partial charge in [0, 0.05) is 30.9 Å². The molecule has 0 saturated carbocycles. The largest absolute Gasteiger partial charge is 0.379 e. The highest BCUT2D eigenvalue weighted by atomic mass is 35.5. The molecule has 0 aromatic carbocycles. The molecule has 2 aliphatic rings. The molecule has 132 valence electrons. The van der Waals surface area contributed by atoms with Gasteiger partial charge in [-0.25, -0.2) is 4.98 Å². The molecule has 1 atom stereocenters. The summed E-state index contributed by atoms with van der Waals surface area (Å²) in [6.45, 7) is 8.18. The van der Waals surface area contributed by atoms with Gasteiger partial charge >= 0.3 is 0 Å². The highest BCUT2D eigenvalue weighted by Gasteiger charge is 2.29. The lowest BCUT2D eigenvalue weighted by Gasteiger charge is -2.31. The fraction of sp³-hybridized carbons (Fsp3) is 0.714. The molecule has 0 aliphatic carbocycles. The minimum absolute atomic E-state index is 0. The van der Waals surface area contributed by atoms with E-state index in [0.717, 1.165) is 51.6 Å². The second-order valence-electron chi connectivity index (χ2n) is 5.73. The van der Waals surface area contributed by atoms with Crippen molar-refractivity contribution in [1.29, 1.82) is 0 Å². The number of ether oxygens (including phenoxy) is 1. The van der Waals surface area contributed by atoms with Crippen LogP contribution in [0.2, 0.25) is 0 Å². The zero-order chi connectivity index (χ0) is 14.7. The molecule has 2 fully saturated rings. The molecule has 0 bridgehead atoms. The maximum Gasteiger partial charge on any atom is 0.229 e. The Balaban J connectivity index is 0.00000132. The van der Waals surface area contributed by atoms with Crippen LogP contribution in [-0.2, 0) is 16.1 Å². The molecule has 23 heavy (non-hydrogen) atoms. The Morgan fingerprint density at radius 3 is 2.78 bits per heavy atom. The molecule has 2 aliphatic heterocycles. The molecule has 0 spiro atoms. The van der Waals surface area contributed by atoms with Gasteiger partial charge in [-0.1, -0.05) is 6.92 Å². The van der Waals surface area contributed by atoms with Crippen LogP contribution in [-0.4, -0.2) is 55.2 Å². The first-order chi connectivity index (χ1) is 10.2. The summed E-state index contributed by atoms with van der Waals surface area (Å²) in [7, 11) is 0. The van der Waals surface area contributed by atoms with Gasteiger partial charge < -0.3 is 15.4 Å². The summed E-state index contributed by atoms with van der Waals surface area (Å²) in [6.07, 6.45) is 0. The van der Waals surface area contributed by atoms with Crippen molar-refractivity contribution < 1.29 is 9.53 Å². The van der Waals surface area contributed by atoms with E-state index in [2.05, 4.69) is 20.5 Å². The minimum atomic E-state index is 0. The van der Waals surface area contributed by atoms with Gasteiger partial charge in [0.2, 0.25) is 5.91 Å². The summed E-state index contributed by atoms with van der Waals surface area (Å²) < 4.78 is 5.34. The minimum Gasteiger partial charge on any atom is -0.379 e. The predicted octanol–water partition coefficient (Wildman–Crippen LogP) is 1.61. The van der Waals surface area contributed by atoms with Crippen LogP contribution in [0.15, 0.2) is 5.38 Å². The summed E-state index contributed by atoms with van der Waals surface area (Å²) in [4.78, 5) is 19.0. The molecule has 1 aromatic heterocycles. The van der Waals surface area contributed by atoms with Gasteiger partial charge in [0.25, 0.3) is 0 Å². The number of halogens is 2. The molecule has 1 aromatic rings. The van der Waals surface area contributed by atoms with Crippen molar-refractivity contribution in [2.75, 3.05) is 44.7 Å². The van der Waals surface area contributed by atoms with Crippen molar-refractivity contribution in [3.63, 3.8) is 0 Å². The van der Waals surface area contributed by atoms with E-state index in [1.54, 1.807) is 0 Å². The Bertz CT molecular complexity index is 493. The van der Waals surface area contributed by atoms with Gasteiger partial charge in [-0.05, 0) is 19.0 Å². The molecule has 9 heteroatoms. The lowest BCUT2D eigenvalue weighted by molar-refractivity contribution is -0.121. The van der Waals surface area contributed by atoms with Crippen LogP contribution in [0.4, 0.5) is 5.13 Å². The van der Waals surface area contributed by atoms with Crippen LogP contribution in [0.3, 0.4) is 0 Å². The summed E-state index contributed by atoms with van der Waals surface area (Å²) in [6, 6.07) is 0. The Hall–Kier alpha value is -0.440. The molecule has 0 radical (unpaired) electrons. The molecular formula is C14H24Cl2N4O2S. The quantitative estimate of drug-likeness (QED) is 0.809. The van der Waals surface area contributed by atoms with Gasteiger partial charge in [0.15, 0.2) is 5.13 Å². The monoisotopic (exact) mass is 382 g/mol. The van der Waals surface area contributed by atoms with Crippen molar-refractivity contribution in [2.45, 2.75) is 13.5 Å². The topological polar surface area (TPSA) is 66.5 Å².